The first-order chi connectivity index (χ1) is 6.35. The number of halogens is 3. The van der Waals surface area contributed by atoms with Gasteiger partial charge in [0.25, 0.3) is 0 Å². The molecule has 1 aromatic rings. The number of nitrogens with two attached hydrogens (primary N) is 1. The molecular formula is C7H6F3NO2S. The van der Waals surface area contributed by atoms with Crippen LogP contribution in [0.5, 0.6) is 0 Å². The minimum Gasteiger partial charge on any atom is -0.396 e. The first kappa shape index (κ1) is 10.8. The SMILES string of the molecule is Nc1cc(S(=O)(=O)C(F)F)ccc1F. The minimum atomic E-state index is -4.70. The van der Waals surface area contributed by atoms with Gasteiger partial charge in [0.15, 0.2) is 0 Å². The van der Waals surface area contributed by atoms with Crippen LogP contribution in [0.25, 0.3) is 0 Å². The summed E-state index contributed by atoms with van der Waals surface area (Å²) in [6.07, 6.45) is 0. The van der Waals surface area contributed by atoms with E-state index in [4.69, 9.17) is 5.73 Å². The highest BCUT2D eigenvalue weighted by atomic mass is 32.2. The van der Waals surface area contributed by atoms with Crippen molar-refractivity contribution in [3.63, 3.8) is 0 Å². The Kier molecular flexibility index (Phi) is 2.70. The third-order valence-electron chi connectivity index (χ3n) is 1.53. The van der Waals surface area contributed by atoms with E-state index in [1.807, 2.05) is 0 Å². The molecule has 0 heterocycles. The maximum absolute atomic E-state index is 12.6. The normalized spacial score (nSPS) is 12.0. The van der Waals surface area contributed by atoms with Crippen molar-refractivity contribution >= 4 is 15.5 Å². The molecule has 78 valence electrons. The van der Waals surface area contributed by atoms with E-state index in [1.54, 1.807) is 0 Å². The highest BCUT2D eigenvalue weighted by Crippen LogP contribution is 2.21. The van der Waals surface area contributed by atoms with Crippen LogP contribution >= 0.6 is 0 Å². The molecule has 0 unspecified atom stereocenters. The Balaban J connectivity index is 3.29. The molecular weight excluding hydrogens is 219 g/mol. The quantitative estimate of drug-likeness (QED) is 0.611. The fourth-order valence-electron chi connectivity index (χ4n) is 0.802. The van der Waals surface area contributed by atoms with Crippen molar-refractivity contribution in [1.29, 1.82) is 0 Å². The van der Waals surface area contributed by atoms with Gasteiger partial charge in [0.1, 0.15) is 5.82 Å². The van der Waals surface area contributed by atoms with E-state index < -0.39 is 32.0 Å². The van der Waals surface area contributed by atoms with Crippen LogP contribution in [0, 0.1) is 5.82 Å². The predicted molar refractivity (Wildman–Crippen MR) is 44.0 cm³/mol. The zero-order valence-electron chi connectivity index (χ0n) is 6.75. The molecule has 0 fully saturated rings. The summed E-state index contributed by atoms with van der Waals surface area (Å²) in [6, 6.07) is 2.13. The molecule has 7 heteroatoms. The Morgan fingerprint density at radius 3 is 2.29 bits per heavy atom. The van der Waals surface area contributed by atoms with Crippen molar-refractivity contribution in [2.45, 2.75) is 10.7 Å². The Morgan fingerprint density at radius 2 is 1.86 bits per heavy atom. The summed E-state index contributed by atoms with van der Waals surface area (Å²) >= 11 is 0. The van der Waals surface area contributed by atoms with Crippen molar-refractivity contribution in [2.75, 3.05) is 5.73 Å². The third kappa shape index (κ3) is 1.82. The van der Waals surface area contributed by atoms with E-state index in [0.717, 1.165) is 12.1 Å². The number of rotatable bonds is 2. The van der Waals surface area contributed by atoms with Crippen LogP contribution in [0.2, 0.25) is 0 Å². The lowest BCUT2D eigenvalue weighted by Gasteiger charge is -2.03. The Hall–Kier alpha value is -1.24. The summed E-state index contributed by atoms with van der Waals surface area (Å²) in [5.74, 6) is -4.38. The maximum Gasteiger partial charge on any atom is 0.341 e. The fraction of sp³-hybridized carbons (Fsp3) is 0.143. The summed E-state index contributed by atoms with van der Waals surface area (Å²) in [6.45, 7) is 0. The summed E-state index contributed by atoms with van der Waals surface area (Å²) in [5, 5.41) is 0. The maximum atomic E-state index is 12.6. The lowest BCUT2D eigenvalue weighted by Crippen LogP contribution is -2.11. The van der Waals surface area contributed by atoms with Crippen molar-refractivity contribution in [3.8, 4) is 0 Å². The Morgan fingerprint density at radius 1 is 1.29 bits per heavy atom. The number of nitrogen functional groups attached to an aromatic ring is 1. The number of anilines is 1. The van der Waals surface area contributed by atoms with Crippen LogP contribution in [-0.2, 0) is 9.84 Å². The van der Waals surface area contributed by atoms with Gasteiger partial charge in [-0.15, -0.1) is 0 Å². The second-order valence-corrected chi connectivity index (χ2v) is 4.41. The number of hydrogen-bond acceptors (Lipinski definition) is 3. The van der Waals surface area contributed by atoms with E-state index in [9.17, 15) is 21.6 Å². The standard InChI is InChI=1S/C7H6F3NO2S/c8-5-2-1-4(3-6(5)11)14(12,13)7(9)10/h1-3,7H,11H2. The minimum absolute atomic E-state index is 0.480. The van der Waals surface area contributed by atoms with Gasteiger partial charge in [-0.25, -0.2) is 12.8 Å². The van der Waals surface area contributed by atoms with E-state index in [0.29, 0.717) is 6.07 Å². The molecule has 0 radical (unpaired) electrons. The summed E-state index contributed by atoms with van der Waals surface area (Å²) in [4.78, 5) is -0.689. The molecule has 0 bridgehead atoms. The van der Waals surface area contributed by atoms with Crippen molar-refractivity contribution in [3.05, 3.63) is 24.0 Å². The van der Waals surface area contributed by atoms with Gasteiger partial charge in [-0.1, -0.05) is 0 Å². The smallest absolute Gasteiger partial charge is 0.341 e. The van der Waals surface area contributed by atoms with E-state index in [2.05, 4.69) is 0 Å². The summed E-state index contributed by atoms with van der Waals surface area (Å²) < 4.78 is 58.3. The van der Waals surface area contributed by atoms with Gasteiger partial charge < -0.3 is 5.73 Å². The molecule has 0 aliphatic carbocycles. The average Bonchev–Trinajstić information content (AvgIpc) is 2.09. The summed E-state index contributed by atoms with van der Waals surface area (Å²) in [5.41, 5.74) is 4.55. The van der Waals surface area contributed by atoms with Gasteiger partial charge in [0, 0.05) is 0 Å². The van der Waals surface area contributed by atoms with Gasteiger partial charge in [-0.3, -0.25) is 0 Å². The first-order valence-electron chi connectivity index (χ1n) is 3.43. The zero-order valence-corrected chi connectivity index (χ0v) is 7.56. The summed E-state index contributed by atoms with van der Waals surface area (Å²) in [7, 11) is -4.70. The van der Waals surface area contributed by atoms with Crippen molar-refractivity contribution in [1.82, 2.24) is 0 Å². The molecule has 1 rings (SSSR count). The molecule has 2 N–H and O–H groups in total. The Labute approximate surface area is 78.3 Å². The molecule has 0 aromatic heterocycles. The third-order valence-corrected chi connectivity index (χ3v) is 2.91. The number of hydrogen-bond donors (Lipinski definition) is 1. The first-order valence-corrected chi connectivity index (χ1v) is 4.97. The monoisotopic (exact) mass is 225 g/mol. The van der Waals surface area contributed by atoms with Gasteiger partial charge in [0.2, 0.25) is 9.84 Å². The predicted octanol–water partition coefficient (Wildman–Crippen LogP) is 1.40. The van der Waals surface area contributed by atoms with E-state index >= 15 is 0 Å². The van der Waals surface area contributed by atoms with Crippen LogP contribution < -0.4 is 5.73 Å². The molecule has 1 aromatic carbocycles. The number of sulfone groups is 1. The largest absolute Gasteiger partial charge is 0.396 e. The molecule has 0 aliphatic rings. The number of alkyl halides is 2. The van der Waals surface area contributed by atoms with Crippen LogP contribution in [-0.4, -0.2) is 14.2 Å². The average molecular weight is 225 g/mol. The molecule has 3 nitrogen and oxygen atoms in total. The molecule has 0 aliphatic heterocycles. The van der Waals surface area contributed by atoms with Crippen molar-refractivity contribution in [2.24, 2.45) is 0 Å². The second-order valence-electron chi connectivity index (χ2n) is 2.49. The zero-order chi connectivity index (χ0) is 10.9. The van der Waals surface area contributed by atoms with Gasteiger partial charge >= 0.3 is 5.76 Å². The topological polar surface area (TPSA) is 60.2 Å². The molecule has 0 spiro atoms. The van der Waals surface area contributed by atoms with Crippen molar-refractivity contribution < 1.29 is 21.6 Å². The highest BCUT2D eigenvalue weighted by molar-refractivity contribution is 7.91. The molecule has 0 saturated heterocycles. The lowest BCUT2D eigenvalue weighted by atomic mass is 10.3. The van der Waals surface area contributed by atoms with Crippen LogP contribution in [0.4, 0.5) is 18.9 Å². The molecule has 0 saturated carbocycles. The molecule has 0 atom stereocenters. The lowest BCUT2D eigenvalue weighted by molar-refractivity contribution is 0.234. The molecule has 14 heavy (non-hydrogen) atoms. The van der Waals surface area contributed by atoms with Crippen LogP contribution in [0.15, 0.2) is 23.1 Å². The van der Waals surface area contributed by atoms with E-state index in [1.165, 1.54) is 0 Å². The fourth-order valence-corrected chi connectivity index (χ4v) is 1.56. The number of benzene rings is 1. The highest BCUT2D eigenvalue weighted by Gasteiger charge is 2.26. The van der Waals surface area contributed by atoms with Crippen LogP contribution in [0.3, 0.4) is 0 Å². The van der Waals surface area contributed by atoms with Gasteiger partial charge in [0.05, 0.1) is 10.6 Å². The second kappa shape index (κ2) is 3.49. The van der Waals surface area contributed by atoms with Gasteiger partial charge in [-0.2, -0.15) is 8.78 Å². The van der Waals surface area contributed by atoms with E-state index in [-0.39, 0.29) is 0 Å². The Bertz CT molecular complexity index is 444. The van der Waals surface area contributed by atoms with Gasteiger partial charge in [-0.05, 0) is 18.2 Å². The van der Waals surface area contributed by atoms with Crippen LogP contribution in [0.1, 0.15) is 0 Å². The molecule has 0 amide bonds.